The van der Waals surface area contributed by atoms with E-state index in [9.17, 15) is 5.11 Å². The van der Waals surface area contributed by atoms with Gasteiger partial charge in [0.25, 0.3) is 0 Å². The SMILES string of the molecule is CC1=C(CO)[C@]2(C)CCCC(C)(C)C2CC1. The molecule has 0 aliphatic heterocycles. The number of fused-ring (bicyclic) bond motifs is 1. The van der Waals surface area contributed by atoms with Crippen LogP contribution in [0, 0.1) is 16.7 Å². The van der Waals surface area contributed by atoms with E-state index >= 15 is 0 Å². The van der Waals surface area contributed by atoms with Crippen LogP contribution in [0.5, 0.6) is 0 Å². The lowest BCUT2D eigenvalue weighted by atomic mass is 9.50. The number of hydrogen-bond acceptors (Lipinski definition) is 1. The molecule has 0 heterocycles. The van der Waals surface area contributed by atoms with Gasteiger partial charge < -0.3 is 5.11 Å². The summed E-state index contributed by atoms with van der Waals surface area (Å²) in [6, 6.07) is 0. The van der Waals surface area contributed by atoms with Gasteiger partial charge in [0, 0.05) is 0 Å². The van der Waals surface area contributed by atoms with Gasteiger partial charge in [0.05, 0.1) is 6.61 Å². The molecule has 0 bridgehead atoms. The Kier molecular flexibility index (Phi) is 2.94. The molecule has 16 heavy (non-hydrogen) atoms. The molecule has 0 radical (unpaired) electrons. The van der Waals surface area contributed by atoms with Gasteiger partial charge in [-0.3, -0.25) is 0 Å². The van der Waals surface area contributed by atoms with Gasteiger partial charge in [0.15, 0.2) is 0 Å². The summed E-state index contributed by atoms with van der Waals surface area (Å²) in [6.45, 7) is 9.73. The highest BCUT2D eigenvalue weighted by Gasteiger charge is 2.49. The van der Waals surface area contributed by atoms with Crippen molar-refractivity contribution in [2.45, 2.75) is 59.8 Å². The highest BCUT2D eigenvalue weighted by Crippen LogP contribution is 2.59. The molecule has 1 unspecified atom stereocenters. The molecule has 1 N–H and O–H groups in total. The topological polar surface area (TPSA) is 20.2 Å². The van der Waals surface area contributed by atoms with E-state index in [1.165, 1.54) is 43.3 Å². The van der Waals surface area contributed by atoms with E-state index in [2.05, 4.69) is 27.7 Å². The molecule has 2 atom stereocenters. The largest absolute Gasteiger partial charge is 0.392 e. The summed E-state index contributed by atoms with van der Waals surface area (Å²) < 4.78 is 0. The van der Waals surface area contributed by atoms with Crippen LogP contribution < -0.4 is 0 Å². The highest BCUT2D eigenvalue weighted by atomic mass is 16.3. The Hall–Kier alpha value is -0.300. The molecule has 0 aromatic heterocycles. The molecule has 1 fully saturated rings. The van der Waals surface area contributed by atoms with E-state index in [0.717, 1.165) is 5.92 Å². The summed E-state index contributed by atoms with van der Waals surface area (Å²) in [7, 11) is 0. The van der Waals surface area contributed by atoms with Crippen LogP contribution in [0.3, 0.4) is 0 Å². The molecule has 2 rings (SSSR count). The maximum Gasteiger partial charge on any atom is 0.0649 e. The summed E-state index contributed by atoms with van der Waals surface area (Å²) in [4.78, 5) is 0. The number of allylic oxidation sites excluding steroid dienone is 1. The highest BCUT2D eigenvalue weighted by molar-refractivity contribution is 5.27. The van der Waals surface area contributed by atoms with Crippen molar-refractivity contribution >= 4 is 0 Å². The van der Waals surface area contributed by atoms with Crippen molar-refractivity contribution in [3.63, 3.8) is 0 Å². The summed E-state index contributed by atoms with van der Waals surface area (Å²) >= 11 is 0. The first-order valence-electron chi connectivity index (χ1n) is 6.72. The Morgan fingerprint density at radius 1 is 1.25 bits per heavy atom. The summed E-state index contributed by atoms with van der Waals surface area (Å²) in [5.41, 5.74) is 3.54. The fourth-order valence-corrected chi connectivity index (χ4v) is 4.51. The lowest BCUT2D eigenvalue weighted by Gasteiger charge is -2.54. The monoisotopic (exact) mass is 222 g/mol. The minimum absolute atomic E-state index is 0.273. The molecular formula is C15H26O. The van der Waals surface area contributed by atoms with Crippen LogP contribution in [0.1, 0.15) is 59.8 Å². The normalized spacial score (nSPS) is 38.4. The van der Waals surface area contributed by atoms with Crippen molar-refractivity contribution < 1.29 is 5.11 Å². The van der Waals surface area contributed by atoms with Crippen LogP contribution in [0.2, 0.25) is 0 Å². The van der Waals surface area contributed by atoms with E-state index in [4.69, 9.17) is 0 Å². The van der Waals surface area contributed by atoms with E-state index in [1.54, 1.807) is 0 Å². The number of aliphatic hydroxyl groups excluding tert-OH is 1. The van der Waals surface area contributed by atoms with Crippen LogP contribution in [0.15, 0.2) is 11.1 Å². The summed E-state index contributed by atoms with van der Waals surface area (Å²) in [5, 5.41) is 9.68. The average molecular weight is 222 g/mol. The molecular weight excluding hydrogens is 196 g/mol. The van der Waals surface area contributed by atoms with E-state index in [-0.39, 0.29) is 12.0 Å². The third-order valence-corrected chi connectivity index (χ3v) is 5.40. The molecule has 1 heteroatoms. The lowest BCUT2D eigenvalue weighted by molar-refractivity contribution is 0.00584. The fourth-order valence-electron chi connectivity index (χ4n) is 4.51. The number of aliphatic hydroxyl groups is 1. The molecule has 1 nitrogen and oxygen atoms in total. The minimum Gasteiger partial charge on any atom is -0.392 e. The Labute approximate surface area is 99.9 Å². The Balaban J connectivity index is 2.42. The number of hydrogen-bond donors (Lipinski definition) is 1. The molecule has 1 saturated carbocycles. The van der Waals surface area contributed by atoms with Gasteiger partial charge in [-0.15, -0.1) is 0 Å². The zero-order chi connectivity index (χ0) is 12.0. The predicted octanol–water partition coefficient (Wildman–Crippen LogP) is 3.92. The van der Waals surface area contributed by atoms with Gasteiger partial charge >= 0.3 is 0 Å². The Morgan fingerprint density at radius 3 is 2.56 bits per heavy atom. The first-order valence-corrected chi connectivity index (χ1v) is 6.72. The first-order chi connectivity index (χ1) is 7.42. The predicted molar refractivity (Wildman–Crippen MR) is 68.2 cm³/mol. The van der Waals surface area contributed by atoms with Gasteiger partial charge in [0.1, 0.15) is 0 Å². The van der Waals surface area contributed by atoms with Crippen molar-refractivity contribution in [2.75, 3.05) is 6.61 Å². The van der Waals surface area contributed by atoms with Gasteiger partial charge in [-0.25, -0.2) is 0 Å². The minimum atomic E-state index is 0.273. The van der Waals surface area contributed by atoms with Crippen molar-refractivity contribution in [2.24, 2.45) is 16.7 Å². The summed E-state index contributed by atoms with van der Waals surface area (Å²) in [5.74, 6) is 0.764. The van der Waals surface area contributed by atoms with Crippen molar-refractivity contribution in [3.8, 4) is 0 Å². The molecule has 0 aromatic rings. The van der Waals surface area contributed by atoms with Crippen LogP contribution in [0.4, 0.5) is 0 Å². The van der Waals surface area contributed by atoms with Crippen molar-refractivity contribution in [1.82, 2.24) is 0 Å². The first kappa shape index (κ1) is 12.2. The molecule has 92 valence electrons. The maximum absolute atomic E-state index is 9.68. The smallest absolute Gasteiger partial charge is 0.0649 e. The third-order valence-electron chi connectivity index (χ3n) is 5.40. The average Bonchev–Trinajstić information content (AvgIpc) is 2.15. The van der Waals surface area contributed by atoms with Crippen LogP contribution in [0.25, 0.3) is 0 Å². The zero-order valence-electron chi connectivity index (χ0n) is 11.3. The second-order valence-electron chi connectivity index (χ2n) is 6.77. The van der Waals surface area contributed by atoms with Crippen LogP contribution in [-0.4, -0.2) is 11.7 Å². The van der Waals surface area contributed by atoms with Crippen LogP contribution >= 0.6 is 0 Å². The standard InChI is InChI=1S/C15H26O/c1-11-6-7-13-14(2,3)8-5-9-15(13,4)12(11)10-16/h13,16H,5-10H2,1-4H3/t13?,15-/m0/s1. The van der Waals surface area contributed by atoms with E-state index < -0.39 is 0 Å². The van der Waals surface area contributed by atoms with Gasteiger partial charge in [-0.2, -0.15) is 0 Å². The van der Waals surface area contributed by atoms with Gasteiger partial charge in [-0.05, 0) is 54.9 Å². The fraction of sp³-hybridized carbons (Fsp3) is 0.867. The maximum atomic E-state index is 9.68. The molecule has 2 aliphatic carbocycles. The lowest BCUT2D eigenvalue weighted by Crippen LogP contribution is -2.46. The summed E-state index contributed by atoms with van der Waals surface area (Å²) in [6.07, 6.45) is 6.45. The van der Waals surface area contributed by atoms with Gasteiger partial charge in [0.2, 0.25) is 0 Å². The molecule has 0 aromatic carbocycles. The van der Waals surface area contributed by atoms with Crippen molar-refractivity contribution in [3.05, 3.63) is 11.1 Å². The molecule has 2 aliphatic rings. The molecule has 0 saturated heterocycles. The Bertz CT molecular complexity index is 313. The molecule has 0 spiro atoms. The van der Waals surface area contributed by atoms with E-state index in [0.29, 0.717) is 5.41 Å². The Morgan fingerprint density at radius 2 is 1.94 bits per heavy atom. The van der Waals surface area contributed by atoms with Gasteiger partial charge in [-0.1, -0.05) is 32.8 Å². The quantitative estimate of drug-likeness (QED) is 0.667. The molecule has 0 amide bonds. The second kappa shape index (κ2) is 3.87. The van der Waals surface area contributed by atoms with E-state index in [1.807, 2.05) is 0 Å². The third kappa shape index (κ3) is 1.64. The van der Waals surface area contributed by atoms with Crippen LogP contribution in [-0.2, 0) is 0 Å². The van der Waals surface area contributed by atoms with Crippen molar-refractivity contribution in [1.29, 1.82) is 0 Å². The second-order valence-corrected chi connectivity index (χ2v) is 6.77. The zero-order valence-corrected chi connectivity index (χ0v) is 11.3. The number of rotatable bonds is 1.